The van der Waals surface area contributed by atoms with Crippen LogP contribution in [0.3, 0.4) is 0 Å². The summed E-state index contributed by atoms with van der Waals surface area (Å²) in [5.74, 6) is 0. The van der Waals surface area contributed by atoms with Crippen molar-refractivity contribution in [1.29, 1.82) is 0 Å². The van der Waals surface area contributed by atoms with Gasteiger partial charge < -0.3 is 10.5 Å². The van der Waals surface area contributed by atoms with Gasteiger partial charge in [0.2, 0.25) is 0 Å². The first-order valence-corrected chi connectivity index (χ1v) is 5.37. The molecule has 3 nitrogen and oxygen atoms in total. The van der Waals surface area contributed by atoms with Crippen LogP contribution in [0.1, 0.15) is 19.8 Å². The molecule has 0 amide bonds. The molecular weight excluding hydrogens is 176 g/mol. The van der Waals surface area contributed by atoms with Gasteiger partial charge in [-0.1, -0.05) is 6.08 Å². The Balaban J connectivity index is 2.21. The number of hydrogen-bond donors (Lipinski definition) is 1. The molecule has 1 atom stereocenters. The van der Waals surface area contributed by atoms with Gasteiger partial charge in [-0.25, -0.2) is 0 Å². The third kappa shape index (κ3) is 4.22. The predicted octanol–water partition coefficient (Wildman–Crippen LogP) is 1.00. The maximum atomic E-state index is 5.72. The summed E-state index contributed by atoms with van der Waals surface area (Å²) in [6, 6.07) is 0.319. The van der Waals surface area contributed by atoms with Gasteiger partial charge >= 0.3 is 0 Å². The average molecular weight is 198 g/mol. The molecule has 3 heteroatoms. The summed E-state index contributed by atoms with van der Waals surface area (Å²) >= 11 is 0. The maximum absolute atomic E-state index is 5.72. The third-order valence-corrected chi connectivity index (χ3v) is 2.62. The molecule has 82 valence electrons. The Bertz CT molecular complexity index is 190. The SMILES string of the molecule is COCC1=CCN(CCC(C)N)CC1. The van der Waals surface area contributed by atoms with Gasteiger partial charge in [0.25, 0.3) is 0 Å². The first kappa shape index (κ1) is 11.7. The zero-order valence-electron chi connectivity index (χ0n) is 9.33. The zero-order chi connectivity index (χ0) is 10.4. The minimum absolute atomic E-state index is 0.319. The molecule has 0 fully saturated rings. The normalized spacial score (nSPS) is 20.6. The molecule has 0 aromatic rings. The first-order valence-electron chi connectivity index (χ1n) is 5.37. The highest BCUT2D eigenvalue weighted by atomic mass is 16.5. The van der Waals surface area contributed by atoms with E-state index < -0.39 is 0 Å². The number of rotatable bonds is 5. The third-order valence-electron chi connectivity index (χ3n) is 2.62. The molecule has 1 rings (SSSR count). The standard InChI is InChI=1S/C11H22N2O/c1-10(12)3-6-13-7-4-11(5-8-13)9-14-2/h4,10H,3,5-9,12H2,1-2H3. The van der Waals surface area contributed by atoms with Crippen LogP contribution >= 0.6 is 0 Å². The van der Waals surface area contributed by atoms with Gasteiger partial charge in [0.15, 0.2) is 0 Å². The Labute approximate surface area is 86.9 Å². The molecule has 0 saturated carbocycles. The van der Waals surface area contributed by atoms with Crippen LogP contribution in [0.5, 0.6) is 0 Å². The van der Waals surface area contributed by atoms with Gasteiger partial charge in [-0.2, -0.15) is 0 Å². The van der Waals surface area contributed by atoms with Crippen LogP contribution in [-0.2, 0) is 4.74 Å². The molecule has 0 spiro atoms. The lowest BCUT2D eigenvalue weighted by Gasteiger charge is -2.26. The summed E-state index contributed by atoms with van der Waals surface area (Å²) in [6.45, 7) is 6.19. The van der Waals surface area contributed by atoms with Crippen LogP contribution in [0.4, 0.5) is 0 Å². The minimum atomic E-state index is 0.319. The Kier molecular flexibility index (Phi) is 5.15. The van der Waals surface area contributed by atoms with Crippen molar-refractivity contribution < 1.29 is 4.74 Å². The summed E-state index contributed by atoms with van der Waals surface area (Å²) in [5, 5.41) is 0. The van der Waals surface area contributed by atoms with Crippen LogP contribution in [0.25, 0.3) is 0 Å². The van der Waals surface area contributed by atoms with E-state index in [1.165, 1.54) is 5.57 Å². The Morgan fingerprint density at radius 1 is 1.64 bits per heavy atom. The fourth-order valence-corrected chi connectivity index (χ4v) is 1.66. The lowest BCUT2D eigenvalue weighted by molar-refractivity contribution is 0.210. The van der Waals surface area contributed by atoms with Gasteiger partial charge in [-0.3, -0.25) is 4.90 Å². The summed E-state index contributed by atoms with van der Waals surface area (Å²) in [5.41, 5.74) is 7.16. The molecule has 1 aliphatic rings. The van der Waals surface area contributed by atoms with E-state index in [1.54, 1.807) is 7.11 Å². The quantitative estimate of drug-likeness (QED) is 0.670. The Hall–Kier alpha value is -0.380. The van der Waals surface area contributed by atoms with Crippen LogP contribution in [0.2, 0.25) is 0 Å². The van der Waals surface area contributed by atoms with Crippen molar-refractivity contribution in [3.8, 4) is 0 Å². The van der Waals surface area contributed by atoms with Gasteiger partial charge in [-0.05, 0) is 31.9 Å². The van der Waals surface area contributed by atoms with E-state index >= 15 is 0 Å². The van der Waals surface area contributed by atoms with Crippen LogP contribution in [0.15, 0.2) is 11.6 Å². The van der Waals surface area contributed by atoms with Crippen LogP contribution in [0, 0.1) is 0 Å². The fourth-order valence-electron chi connectivity index (χ4n) is 1.66. The number of nitrogens with zero attached hydrogens (tertiary/aromatic N) is 1. The van der Waals surface area contributed by atoms with Crippen molar-refractivity contribution in [2.45, 2.75) is 25.8 Å². The number of methoxy groups -OCH3 is 1. The Morgan fingerprint density at radius 3 is 2.93 bits per heavy atom. The summed E-state index contributed by atoms with van der Waals surface area (Å²) in [6.07, 6.45) is 4.52. The second-order valence-corrected chi connectivity index (χ2v) is 4.11. The van der Waals surface area contributed by atoms with Crippen molar-refractivity contribution in [2.75, 3.05) is 33.4 Å². The minimum Gasteiger partial charge on any atom is -0.380 e. The van der Waals surface area contributed by atoms with Gasteiger partial charge in [0, 0.05) is 26.2 Å². The van der Waals surface area contributed by atoms with Crippen molar-refractivity contribution in [3.05, 3.63) is 11.6 Å². The highest BCUT2D eigenvalue weighted by molar-refractivity contribution is 5.07. The number of nitrogens with two attached hydrogens (primary N) is 1. The molecule has 2 N–H and O–H groups in total. The van der Waals surface area contributed by atoms with E-state index in [4.69, 9.17) is 10.5 Å². The molecule has 0 aliphatic carbocycles. The van der Waals surface area contributed by atoms with Crippen LogP contribution < -0.4 is 5.73 Å². The molecule has 0 aromatic heterocycles. The molecule has 0 aromatic carbocycles. The topological polar surface area (TPSA) is 38.5 Å². The predicted molar refractivity (Wildman–Crippen MR) is 59.3 cm³/mol. The lowest BCUT2D eigenvalue weighted by atomic mass is 10.1. The van der Waals surface area contributed by atoms with Gasteiger partial charge in [0.1, 0.15) is 0 Å². The molecular formula is C11H22N2O. The average Bonchev–Trinajstić information content (AvgIpc) is 2.17. The van der Waals surface area contributed by atoms with Crippen molar-refractivity contribution in [3.63, 3.8) is 0 Å². The van der Waals surface area contributed by atoms with Gasteiger partial charge in [-0.15, -0.1) is 0 Å². The fraction of sp³-hybridized carbons (Fsp3) is 0.818. The maximum Gasteiger partial charge on any atom is 0.0673 e. The molecule has 0 radical (unpaired) electrons. The second-order valence-electron chi connectivity index (χ2n) is 4.11. The van der Waals surface area contributed by atoms with Crippen molar-refractivity contribution >= 4 is 0 Å². The van der Waals surface area contributed by atoms with E-state index in [-0.39, 0.29) is 0 Å². The summed E-state index contributed by atoms with van der Waals surface area (Å²) in [4.78, 5) is 2.45. The molecule has 1 aliphatic heterocycles. The second kappa shape index (κ2) is 6.17. The summed E-state index contributed by atoms with van der Waals surface area (Å²) < 4.78 is 5.11. The molecule has 0 saturated heterocycles. The van der Waals surface area contributed by atoms with Gasteiger partial charge in [0.05, 0.1) is 6.61 Å². The largest absolute Gasteiger partial charge is 0.380 e. The van der Waals surface area contributed by atoms with Crippen molar-refractivity contribution in [2.24, 2.45) is 5.73 Å². The lowest BCUT2D eigenvalue weighted by Crippen LogP contribution is -2.33. The van der Waals surface area contributed by atoms with Crippen molar-refractivity contribution in [1.82, 2.24) is 4.90 Å². The molecule has 1 heterocycles. The number of hydrogen-bond acceptors (Lipinski definition) is 3. The first-order chi connectivity index (χ1) is 6.72. The molecule has 0 bridgehead atoms. The van der Waals surface area contributed by atoms with E-state index in [9.17, 15) is 0 Å². The molecule has 1 unspecified atom stereocenters. The molecule has 14 heavy (non-hydrogen) atoms. The van der Waals surface area contributed by atoms with E-state index in [1.807, 2.05) is 0 Å². The zero-order valence-corrected chi connectivity index (χ0v) is 9.33. The van der Waals surface area contributed by atoms with E-state index in [0.29, 0.717) is 6.04 Å². The van der Waals surface area contributed by atoms with Crippen LogP contribution in [-0.4, -0.2) is 44.3 Å². The number of ether oxygens (including phenoxy) is 1. The Morgan fingerprint density at radius 2 is 2.43 bits per heavy atom. The van der Waals surface area contributed by atoms with E-state index in [2.05, 4.69) is 17.9 Å². The highest BCUT2D eigenvalue weighted by Crippen LogP contribution is 2.11. The van der Waals surface area contributed by atoms with E-state index in [0.717, 1.165) is 39.1 Å². The highest BCUT2D eigenvalue weighted by Gasteiger charge is 2.11. The monoisotopic (exact) mass is 198 g/mol. The smallest absolute Gasteiger partial charge is 0.0673 e. The summed E-state index contributed by atoms with van der Waals surface area (Å²) in [7, 11) is 1.75.